The quantitative estimate of drug-likeness (QED) is 0.0520. The summed E-state index contributed by atoms with van der Waals surface area (Å²) in [7, 11) is -4.31. The maximum absolute atomic E-state index is 12.5. The predicted molar refractivity (Wildman–Crippen MR) is 152 cm³/mol. The van der Waals surface area contributed by atoms with E-state index >= 15 is 0 Å². The Labute approximate surface area is 226 Å². The monoisotopic (exact) mass is 548 g/mol. The molecule has 0 aromatic carbocycles. The van der Waals surface area contributed by atoms with Crippen LogP contribution in [0, 0.1) is 0 Å². The van der Waals surface area contributed by atoms with Crippen molar-refractivity contribution < 1.29 is 28.4 Å². The average Bonchev–Trinajstić information content (AvgIpc) is 2.87. The molecule has 220 valence electrons. The van der Waals surface area contributed by atoms with Gasteiger partial charge in [0.2, 0.25) is 5.91 Å². The van der Waals surface area contributed by atoms with Gasteiger partial charge in [-0.15, -0.1) is 0 Å². The standard InChI is InChI=1S/C28H57N2O6P/c1-3-5-7-9-11-12-13-14-16-18-20-22-28(32)30-26(25-36-37(33,34)35-24-23-29)27(31)21-19-17-15-10-8-6-4-2/h19,21,26-27,31H,3-18,20,22-25,29H2,1-2H3,(H,30,32)(H,33,34)/b21-19+. The van der Waals surface area contributed by atoms with Gasteiger partial charge in [0.25, 0.3) is 0 Å². The molecule has 0 rings (SSSR count). The van der Waals surface area contributed by atoms with Crippen molar-refractivity contribution in [3.05, 3.63) is 12.2 Å². The van der Waals surface area contributed by atoms with E-state index in [2.05, 4.69) is 19.2 Å². The average molecular weight is 549 g/mol. The topological polar surface area (TPSA) is 131 Å². The number of rotatable bonds is 27. The molecule has 8 nitrogen and oxygen atoms in total. The molecule has 0 aliphatic carbocycles. The summed E-state index contributed by atoms with van der Waals surface area (Å²) in [4.78, 5) is 22.3. The van der Waals surface area contributed by atoms with E-state index in [1.807, 2.05) is 6.08 Å². The molecule has 0 radical (unpaired) electrons. The molecule has 37 heavy (non-hydrogen) atoms. The lowest BCUT2D eigenvalue weighted by atomic mass is 10.0. The Morgan fingerprint density at radius 3 is 1.92 bits per heavy atom. The summed E-state index contributed by atoms with van der Waals surface area (Å²) < 4.78 is 21.8. The Hall–Kier alpha value is -0.760. The van der Waals surface area contributed by atoms with Gasteiger partial charge >= 0.3 is 7.82 Å². The fourth-order valence-electron chi connectivity index (χ4n) is 4.07. The summed E-state index contributed by atoms with van der Waals surface area (Å²) in [5, 5.41) is 13.4. The van der Waals surface area contributed by atoms with E-state index in [1.54, 1.807) is 6.08 Å². The van der Waals surface area contributed by atoms with Crippen LogP contribution in [0.4, 0.5) is 0 Å². The van der Waals surface area contributed by atoms with Gasteiger partial charge in [0.15, 0.2) is 0 Å². The summed E-state index contributed by atoms with van der Waals surface area (Å²) >= 11 is 0. The molecule has 1 amide bonds. The van der Waals surface area contributed by atoms with E-state index in [-0.39, 0.29) is 25.7 Å². The van der Waals surface area contributed by atoms with E-state index in [0.29, 0.717) is 6.42 Å². The lowest BCUT2D eigenvalue weighted by molar-refractivity contribution is -0.123. The first-order valence-corrected chi connectivity index (χ1v) is 16.3. The van der Waals surface area contributed by atoms with Crippen LogP contribution in [-0.4, -0.2) is 47.8 Å². The number of carbonyl (C=O) groups excluding carboxylic acids is 1. The van der Waals surface area contributed by atoms with Gasteiger partial charge in [0, 0.05) is 13.0 Å². The van der Waals surface area contributed by atoms with Crippen molar-refractivity contribution in [1.82, 2.24) is 5.32 Å². The number of phosphoric ester groups is 1. The first-order valence-electron chi connectivity index (χ1n) is 14.8. The number of carbonyl (C=O) groups is 1. The third-order valence-electron chi connectivity index (χ3n) is 6.36. The van der Waals surface area contributed by atoms with E-state index in [0.717, 1.165) is 38.5 Å². The molecule has 5 N–H and O–H groups in total. The van der Waals surface area contributed by atoms with E-state index in [1.165, 1.54) is 70.6 Å². The van der Waals surface area contributed by atoms with Gasteiger partial charge in [-0.2, -0.15) is 0 Å². The summed E-state index contributed by atoms with van der Waals surface area (Å²) in [6.07, 6.45) is 22.7. The summed E-state index contributed by atoms with van der Waals surface area (Å²) in [5.74, 6) is -0.202. The molecule has 0 saturated carbocycles. The molecule has 0 spiro atoms. The Morgan fingerprint density at radius 1 is 0.865 bits per heavy atom. The van der Waals surface area contributed by atoms with Crippen LogP contribution >= 0.6 is 7.82 Å². The van der Waals surface area contributed by atoms with Gasteiger partial charge in [-0.25, -0.2) is 4.57 Å². The first kappa shape index (κ1) is 36.2. The lowest BCUT2D eigenvalue weighted by Gasteiger charge is -2.23. The zero-order chi connectivity index (χ0) is 27.6. The van der Waals surface area contributed by atoms with Crippen molar-refractivity contribution in [2.45, 2.75) is 142 Å². The van der Waals surface area contributed by atoms with Gasteiger partial charge in [-0.3, -0.25) is 13.8 Å². The fourth-order valence-corrected chi connectivity index (χ4v) is 4.83. The van der Waals surface area contributed by atoms with Crippen LogP contribution in [0.15, 0.2) is 12.2 Å². The van der Waals surface area contributed by atoms with Gasteiger partial charge in [0.1, 0.15) is 0 Å². The molecule has 9 heteroatoms. The smallest absolute Gasteiger partial charge is 0.387 e. The Balaban J connectivity index is 4.42. The molecule has 3 unspecified atom stereocenters. The zero-order valence-corrected chi connectivity index (χ0v) is 24.6. The minimum atomic E-state index is -4.31. The van der Waals surface area contributed by atoms with Crippen LogP contribution in [0.25, 0.3) is 0 Å². The van der Waals surface area contributed by atoms with Gasteiger partial charge in [-0.05, 0) is 19.3 Å². The summed E-state index contributed by atoms with van der Waals surface area (Å²) in [6, 6.07) is -0.849. The molecule has 0 saturated heterocycles. The SMILES string of the molecule is CCCCCCC/C=C/C(O)C(COP(=O)(O)OCCN)NC(=O)CCCCCCCCCCCCC. The lowest BCUT2D eigenvalue weighted by Crippen LogP contribution is -2.45. The fraction of sp³-hybridized carbons (Fsp3) is 0.893. The van der Waals surface area contributed by atoms with Crippen LogP contribution < -0.4 is 11.1 Å². The largest absolute Gasteiger partial charge is 0.472 e. The van der Waals surface area contributed by atoms with Crippen LogP contribution in [0.3, 0.4) is 0 Å². The Bertz CT molecular complexity index is 605. The molecule has 0 aromatic rings. The predicted octanol–water partition coefficient (Wildman–Crippen LogP) is 6.54. The minimum absolute atomic E-state index is 0.0800. The van der Waals surface area contributed by atoms with Crippen molar-refractivity contribution in [2.75, 3.05) is 19.8 Å². The van der Waals surface area contributed by atoms with E-state index < -0.39 is 20.0 Å². The minimum Gasteiger partial charge on any atom is -0.387 e. The Kier molecular flexibility index (Phi) is 25.0. The molecular formula is C28H57N2O6P. The number of nitrogens with one attached hydrogen (secondary N) is 1. The molecule has 0 heterocycles. The molecule has 0 aliphatic heterocycles. The Morgan fingerprint density at radius 2 is 1.38 bits per heavy atom. The van der Waals surface area contributed by atoms with Crippen LogP contribution in [-0.2, 0) is 18.4 Å². The number of unbranched alkanes of at least 4 members (excludes halogenated alkanes) is 15. The van der Waals surface area contributed by atoms with Gasteiger partial charge in [-0.1, -0.05) is 116 Å². The molecule has 3 atom stereocenters. The zero-order valence-electron chi connectivity index (χ0n) is 23.7. The number of hydrogen-bond acceptors (Lipinski definition) is 6. The maximum atomic E-state index is 12.5. The van der Waals surface area contributed by atoms with Crippen molar-refractivity contribution in [3.8, 4) is 0 Å². The highest BCUT2D eigenvalue weighted by Crippen LogP contribution is 2.43. The maximum Gasteiger partial charge on any atom is 0.472 e. The summed E-state index contributed by atoms with van der Waals surface area (Å²) in [5.41, 5.74) is 5.31. The number of aliphatic hydroxyl groups is 1. The van der Waals surface area contributed by atoms with Crippen molar-refractivity contribution in [2.24, 2.45) is 5.73 Å². The molecule has 0 aromatic heterocycles. The molecule has 0 aliphatic rings. The van der Waals surface area contributed by atoms with E-state index in [4.69, 9.17) is 14.8 Å². The number of aliphatic hydroxyl groups excluding tert-OH is 1. The first-order chi connectivity index (χ1) is 17.9. The molecule has 0 fully saturated rings. The number of hydrogen-bond donors (Lipinski definition) is 4. The van der Waals surface area contributed by atoms with Gasteiger partial charge < -0.3 is 21.1 Å². The van der Waals surface area contributed by atoms with E-state index in [9.17, 15) is 19.4 Å². The third kappa shape index (κ3) is 24.0. The second-order valence-corrected chi connectivity index (χ2v) is 11.4. The highest BCUT2D eigenvalue weighted by atomic mass is 31.2. The van der Waals surface area contributed by atoms with Gasteiger partial charge in [0.05, 0.1) is 25.4 Å². The third-order valence-corrected chi connectivity index (χ3v) is 7.35. The van der Waals surface area contributed by atoms with Crippen LogP contribution in [0.2, 0.25) is 0 Å². The second kappa shape index (κ2) is 25.5. The van der Waals surface area contributed by atoms with Crippen molar-refractivity contribution in [1.29, 1.82) is 0 Å². The summed E-state index contributed by atoms with van der Waals surface area (Å²) in [6.45, 7) is 4.03. The number of nitrogens with two attached hydrogens (primary N) is 1. The normalized spacial score (nSPS) is 15.1. The molecule has 0 bridgehead atoms. The molecular weight excluding hydrogens is 491 g/mol. The number of amides is 1. The number of phosphoric acid groups is 1. The highest BCUT2D eigenvalue weighted by molar-refractivity contribution is 7.47. The highest BCUT2D eigenvalue weighted by Gasteiger charge is 2.26. The number of allylic oxidation sites excluding steroid dienone is 1. The van der Waals surface area contributed by atoms with Crippen molar-refractivity contribution in [3.63, 3.8) is 0 Å². The van der Waals surface area contributed by atoms with Crippen LogP contribution in [0.1, 0.15) is 129 Å². The van der Waals surface area contributed by atoms with Crippen LogP contribution in [0.5, 0.6) is 0 Å². The second-order valence-electron chi connectivity index (χ2n) is 9.97. The van der Waals surface area contributed by atoms with Crippen molar-refractivity contribution >= 4 is 13.7 Å².